The Morgan fingerprint density at radius 2 is 2.12 bits per heavy atom. The Labute approximate surface area is 143 Å². The second-order valence-electron chi connectivity index (χ2n) is 7.48. The van der Waals surface area contributed by atoms with Crippen LogP contribution in [0.4, 0.5) is 0 Å². The lowest BCUT2D eigenvalue weighted by Crippen LogP contribution is -2.53. The van der Waals surface area contributed by atoms with Crippen LogP contribution < -0.4 is 0 Å². The quantitative estimate of drug-likeness (QED) is 0.918. The van der Waals surface area contributed by atoms with Crippen molar-refractivity contribution in [2.45, 2.75) is 58.4 Å². The molecule has 2 fully saturated rings. The van der Waals surface area contributed by atoms with Crippen molar-refractivity contribution in [1.82, 2.24) is 20.0 Å². The second-order valence-corrected chi connectivity index (χ2v) is 7.48. The van der Waals surface area contributed by atoms with Gasteiger partial charge in [0.2, 0.25) is 11.8 Å². The van der Waals surface area contributed by atoms with Crippen molar-refractivity contribution in [1.29, 1.82) is 0 Å². The number of hydrogen-bond acceptors (Lipinski definition) is 3. The summed E-state index contributed by atoms with van der Waals surface area (Å²) in [6.07, 6.45) is 3.49. The number of hydrogen-bond donors (Lipinski definition) is 1. The number of nitrogens with zero attached hydrogens (tertiary/aromatic N) is 3. The first-order chi connectivity index (χ1) is 11.5. The molecule has 0 saturated carbocycles. The van der Waals surface area contributed by atoms with Crippen molar-refractivity contribution in [3.63, 3.8) is 0 Å². The molecular formula is C18H28N4O2. The van der Waals surface area contributed by atoms with Gasteiger partial charge in [0.25, 0.3) is 0 Å². The van der Waals surface area contributed by atoms with E-state index < -0.39 is 0 Å². The first-order valence-corrected chi connectivity index (χ1v) is 9.07. The average molecular weight is 332 g/mol. The van der Waals surface area contributed by atoms with Gasteiger partial charge in [-0.3, -0.25) is 14.7 Å². The Bertz CT molecular complexity index is 610. The highest BCUT2D eigenvalue weighted by molar-refractivity contribution is 5.89. The van der Waals surface area contributed by atoms with Crippen LogP contribution in [-0.2, 0) is 9.59 Å². The molecular weight excluding hydrogens is 304 g/mol. The molecule has 2 atom stereocenters. The van der Waals surface area contributed by atoms with Gasteiger partial charge in [0, 0.05) is 37.7 Å². The Hall–Kier alpha value is -1.85. The highest BCUT2D eigenvalue weighted by Crippen LogP contribution is 2.28. The average Bonchev–Trinajstić information content (AvgIpc) is 3.16. The number of H-pyrrole nitrogens is 1. The molecule has 0 aliphatic carbocycles. The Balaban J connectivity index is 1.73. The zero-order valence-electron chi connectivity index (χ0n) is 14.9. The first-order valence-electron chi connectivity index (χ1n) is 9.07. The number of nitrogens with one attached hydrogen (secondary N) is 1. The van der Waals surface area contributed by atoms with Crippen LogP contribution in [0.5, 0.6) is 0 Å². The molecule has 0 aromatic carbocycles. The molecule has 1 aromatic rings. The van der Waals surface area contributed by atoms with Gasteiger partial charge in [-0.15, -0.1) is 0 Å². The summed E-state index contributed by atoms with van der Waals surface area (Å²) in [5, 5.41) is 7.37. The highest BCUT2D eigenvalue weighted by Gasteiger charge is 2.38. The van der Waals surface area contributed by atoms with Crippen LogP contribution in [0, 0.1) is 12.8 Å². The molecule has 132 valence electrons. The maximum absolute atomic E-state index is 13.2. The molecule has 24 heavy (non-hydrogen) atoms. The number of piperidine rings is 1. The largest absolute Gasteiger partial charge is 0.340 e. The molecule has 2 unspecified atom stereocenters. The predicted octanol–water partition coefficient (Wildman–Crippen LogP) is 2.07. The summed E-state index contributed by atoms with van der Waals surface area (Å²) in [7, 11) is 0. The fraction of sp³-hybridized carbons (Fsp3) is 0.722. The molecule has 0 bridgehead atoms. The summed E-state index contributed by atoms with van der Waals surface area (Å²) in [6, 6.07) is 1.75. The lowest BCUT2D eigenvalue weighted by molar-refractivity contribution is -0.146. The molecule has 6 heteroatoms. The number of aryl methyl sites for hydroxylation is 1. The van der Waals surface area contributed by atoms with E-state index >= 15 is 0 Å². The van der Waals surface area contributed by atoms with E-state index in [0.717, 1.165) is 37.2 Å². The minimum Gasteiger partial charge on any atom is -0.340 e. The van der Waals surface area contributed by atoms with Gasteiger partial charge in [-0.25, -0.2) is 0 Å². The van der Waals surface area contributed by atoms with Crippen LogP contribution in [0.15, 0.2) is 6.07 Å². The molecule has 0 spiro atoms. The maximum Gasteiger partial charge on any atom is 0.245 e. The number of carbonyl (C=O) groups excluding carboxylic acids is 2. The minimum absolute atomic E-state index is 0.109. The number of likely N-dealkylation sites (tertiary alicyclic amines) is 2. The van der Waals surface area contributed by atoms with Crippen molar-refractivity contribution < 1.29 is 9.59 Å². The third kappa shape index (κ3) is 3.32. The number of aromatic nitrogens is 2. The van der Waals surface area contributed by atoms with Crippen LogP contribution in [0.3, 0.4) is 0 Å². The SMILES string of the molecule is Cc1cc(C2CCCN(C(=O)C(C(C)C)N3CCCC3=O)C2)n[nH]1. The van der Waals surface area contributed by atoms with Crippen LogP contribution in [-0.4, -0.2) is 57.5 Å². The van der Waals surface area contributed by atoms with E-state index in [-0.39, 0.29) is 29.7 Å². The summed E-state index contributed by atoms with van der Waals surface area (Å²) in [6.45, 7) is 8.26. The fourth-order valence-electron chi connectivity index (χ4n) is 4.00. The molecule has 1 N–H and O–H groups in total. The predicted molar refractivity (Wildman–Crippen MR) is 91.5 cm³/mol. The molecule has 3 rings (SSSR count). The van der Waals surface area contributed by atoms with Crippen molar-refractivity contribution in [2.24, 2.45) is 5.92 Å². The summed E-state index contributed by atoms with van der Waals surface area (Å²) in [5.74, 6) is 0.651. The number of amides is 2. The van der Waals surface area contributed by atoms with E-state index in [1.807, 2.05) is 25.7 Å². The van der Waals surface area contributed by atoms with Gasteiger partial charge >= 0.3 is 0 Å². The monoisotopic (exact) mass is 332 g/mol. The van der Waals surface area contributed by atoms with Crippen LogP contribution >= 0.6 is 0 Å². The van der Waals surface area contributed by atoms with E-state index in [0.29, 0.717) is 19.5 Å². The topological polar surface area (TPSA) is 69.3 Å². The minimum atomic E-state index is -0.320. The zero-order chi connectivity index (χ0) is 17.3. The molecule has 6 nitrogen and oxygen atoms in total. The first kappa shape index (κ1) is 17.0. The summed E-state index contributed by atoms with van der Waals surface area (Å²) >= 11 is 0. The Morgan fingerprint density at radius 1 is 1.33 bits per heavy atom. The fourth-order valence-corrected chi connectivity index (χ4v) is 4.00. The highest BCUT2D eigenvalue weighted by atomic mass is 16.2. The van der Waals surface area contributed by atoms with Gasteiger partial charge in [0.15, 0.2) is 0 Å². The maximum atomic E-state index is 13.2. The van der Waals surface area contributed by atoms with E-state index in [4.69, 9.17) is 0 Å². The summed E-state index contributed by atoms with van der Waals surface area (Å²) in [4.78, 5) is 29.0. The van der Waals surface area contributed by atoms with Gasteiger partial charge < -0.3 is 9.80 Å². The summed E-state index contributed by atoms with van der Waals surface area (Å²) < 4.78 is 0. The van der Waals surface area contributed by atoms with E-state index in [2.05, 4.69) is 16.3 Å². The van der Waals surface area contributed by atoms with E-state index in [1.54, 1.807) is 4.90 Å². The van der Waals surface area contributed by atoms with Crippen molar-refractivity contribution in [3.8, 4) is 0 Å². The molecule has 2 amide bonds. The standard InChI is InChI=1S/C18H28N4O2/c1-12(2)17(22-9-5-7-16(22)23)18(24)21-8-4-6-14(11-21)15-10-13(3)19-20-15/h10,12,14,17H,4-9,11H2,1-3H3,(H,19,20). The van der Waals surface area contributed by atoms with E-state index in [9.17, 15) is 9.59 Å². The number of carbonyl (C=O) groups is 2. The lowest BCUT2D eigenvalue weighted by Gasteiger charge is -2.38. The van der Waals surface area contributed by atoms with Gasteiger partial charge in [0.1, 0.15) is 6.04 Å². The Kier molecular flexibility index (Phi) is 4.92. The second kappa shape index (κ2) is 6.95. The third-order valence-electron chi connectivity index (χ3n) is 5.21. The summed E-state index contributed by atoms with van der Waals surface area (Å²) in [5.41, 5.74) is 2.10. The molecule has 2 aliphatic heterocycles. The normalized spacial score (nSPS) is 23.2. The number of rotatable bonds is 4. The third-order valence-corrected chi connectivity index (χ3v) is 5.21. The van der Waals surface area contributed by atoms with Gasteiger partial charge in [-0.1, -0.05) is 13.8 Å². The molecule has 2 saturated heterocycles. The van der Waals surface area contributed by atoms with Crippen molar-refractivity contribution in [2.75, 3.05) is 19.6 Å². The molecule has 3 heterocycles. The molecule has 2 aliphatic rings. The Morgan fingerprint density at radius 3 is 2.71 bits per heavy atom. The van der Waals surface area contributed by atoms with Crippen LogP contribution in [0.25, 0.3) is 0 Å². The molecule has 1 aromatic heterocycles. The van der Waals surface area contributed by atoms with Crippen LogP contribution in [0.1, 0.15) is 56.8 Å². The lowest BCUT2D eigenvalue weighted by atomic mass is 9.93. The van der Waals surface area contributed by atoms with E-state index in [1.165, 1.54) is 0 Å². The van der Waals surface area contributed by atoms with Crippen LogP contribution in [0.2, 0.25) is 0 Å². The zero-order valence-corrected chi connectivity index (χ0v) is 14.9. The number of aromatic amines is 1. The van der Waals surface area contributed by atoms with Gasteiger partial charge in [0.05, 0.1) is 5.69 Å². The van der Waals surface area contributed by atoms with Gasteiger partial charge in [-0.2, -0.15) is 5.10 Å². The van der Waals surface area contributed by atoms with Crippen molar-refractivity contribution >= 4 is 11.8 Å². The van der Waals surface area contributed by atoms with Crippen molar-refractivity contribution in [3.05, 3.63) is 17.5 Å². The molecule has 0 radical (unpaired) electrons. The van der Waals surface area contributed by atoms with Gasteiger partial charge in [-0.05, 0) is 38.2 Å². The smallest absolute Gasteiger partial charge is 0.245 e.